The van der Waals surface area contributed by atoms with Gasteiger partial charge in [-0.15, -0.1) is 0 Å². The second-order valence-corrected chi connectivity index (χ2v) is 3.08. The van der Waals surface area contributed by atoms with E-state index in [0.717, 1.165) is 30.7 Å². The number of primary amides is 1. The average molecular weight is 202 g/mol. The van der Waals surface area contributed by atoms with Crippen LogP contribution in [-0.2, 0) is 9.63 Å². The molecule has 0 saturated carbocycles. The molecule has 0 aromatic carbocycles. The number of rotatable bonds is 5. The molecule has 14 heavy (non-hydrogen) atoms. The fourth-order valence-corrected chi connectivity index (χ4v) is 1.04. The van der Waals surface area contributed by atoms with E-state index in [-0.39, 0.29) is 0 Å². The molecule has 0 saturated heterocycles. The number of hydrogen-bond acceptors (Lipinski definition) is 3. The molecule has 0 aliphatic heterocycles. The summed E-state index contributed by atoms with van der Waals surface area (Å²) in [5, 5.41) is 0.901. The fraction of sp³-hybridized carbons (Fsp3) is 0.778. The van der Waals surface area contributed by atoms with Crippen molar-refractivity contribution in [1.29, 1.82) is 0 Å². The Hall–Kier alpha value is -1.26. The van der Waals surface area contributed by atoms with Gasteiger partial charge in [0.25, 0.3) is 0 Å². The third-order valence-corrected chi connectivity index (χ3v) is 1.70. The Morgan fingerprint density at radius 1 is 1.29 bits per heavy atom. The van der Waals surface area contributed by atoms with E-state index in [4.69, 9.17) is 5.73 Å². The van der Waals surface area contributed by atoms with E-state index in [1.807, 2.05) is 0 Å². The number of urea groups is 1. The van der Waals surface area contributed by atoms with Gasteiger partial charge in [0.2, 0.25) is 0 Å². The van der Waals surface area contributed by atoms with Crippen molar-refractivity contribution in [3.8, 4) is 0 Å². The number of nitrogens with zero attached hydrogens (tertiary/aromatic N) is 1. The molecule has 0 rings (SSSR count). The minimum absolute atomic E-state index is 0.370. The Bertz CT molecular complexity index is 194. The molecular formula is C9H18N2O3. The van der Waals surface area contributed by atoms with Crippen molar-refractivity contribution in [2.75, 3.05) is 6.54 Å². The summed E-state index contributed by atoms with van der Waals surface area (Å²) < 4.78 is 0. The van der Waals surface area contributed by atoms with Crippen LogP contribution in [0.4, 0.5) is 4.79 Å². The molecule has 5 heteroatoms. The lowest BCUT2D eigenvalue weighted by Gasteiger charge is -2.17. The molecular weight excluding hydrogens is 184 g/mol. The first-order chi connectivity index (χ1) is 6.57. The number of hydroxylamine groups is 2. The normalized spacial score (nSPS) is 9.57. The Balaban J connectivity index is 3.74. The first-order valence-corrected chi connectivity index (χ1v) is 4.83. The summed E-state index contributed by atoms with van der Waals surface area (Å²) in [6, 6.07) is -0.725. The van der Waals surface area contributed by atoms with Gasteiger partial charge in [0.1, 0.15) is 0 Å². The zero-order chi connectivity index (χ0) is 11.0. The zero-order valence-electron chi connectivity index (χ0n) is 8.78. The van der Waals surface area contributed by atoms with E-state index in [0.29, 0.717) is 6.54 Å². The van der Waals surface area contributed by atoms with Crippen molar-refractivity contribution >= 4 is 12.0 Å². The third-order valence-electron chi connectivity index (χ3n) is 1.70. The summed E-state index contributed by atoms with van der Waals surface area (Å²) >= 11 is 0. The van der Waals surface area contributed by atoms with Crippen molar-refractivity contribution in [1.82, 2.24) is 5.06 Å². The van der Waals surface area contributed by atoms with E-state index in [1.54, 1.807) is 0 Å². The number of hydrogen-bond donors (Lipinski definition) is 1. The maximum Gasteiger partial charge on any atom is 0.348 e. The highest BCUT2D eigenvalue weighted by Gasteiger charge is 2.11. The summed E-state index contributed by atoms with van der Waals surface area (Å²) in [5.41, 5.74) is 5.01. The molecule has 0 bridgehead atoms. The molecule has 0 spiro atoms. The smallest absolute Gasteiger partial charge is 0.348 e. The topological polar surface area (TPSA) is 72.6 Å². The predicted molar refractivity (Wildman–Crippen MR) is 52.2 cm³/mol. The molecule has 2 N–H and O–H groups in total. The maximum atomic E-state index is 10.8. The molecule has 5 nitrogen and oxygen atoms in total. The van der Waals surface area contributed by atoms with Crippen molar-refractivity contribution in [3.63, 3.8) is 0 Å². The van der Waals surface area contributed by atoms with Gasteiger partial charge in [0, 0.05) is 6.92 Å². The summed E-state index contributed by atoms with van der Waals surface area (Å²) in [6.45, 7) is 3.70. The SMILES string of the molecule is CCCCCCN(OC(C)=O)C(N)=O. The number of carbonyl (C=O) groups is 2. The Morgan fingerprint density at radius 3 is 2.36 bits per heavy atom. The lowest BCUT2D eigenvalue weighted by atomic mass is 10.2. The van der Waals surface area contributed by atoms with E-state index < -0.39 is 12.0 Å². The largest absolute Gasteiger partial charge is 0.349 e. The molecule has 0 radical (unpaired) electrons. The lowest BCUT2D eigenvalue weighted by Crippen LogP contribution is -2.37. The first-order valence-electron chi connectivity index (χ1n) is 4.83. The van der Waals surface area contributed by atoms with Crippen LogP contribution >= 0.6 is 0 Å². The van der Waals surface area contributed by atoms with Crippen LogP contribution < -0.4 is 5.73 Å². The minimum Gasteiger partial charge on any atom is -0.349 e. The van der Waals surface area contributed by atoms with Gasteiger partial charge in [-0.05, 0) is 6.42 Å². The van der Waals surface area contributed by atoms with Crippen LogP contribution in [0.25, 0.3) is 0 Å². The second-order valence-electron chi connectivity index (χ2n) is 3.08. The van der Waals surface area contributed by atoms with E-state index in [1.165, 1.54) is 6.92 Å². The Morgan fingerprint density at radius 2 is 1.93 bits per heavy atom. The number of unbranched alkanes of at least 4 members (excludes halogenated alkanes) is 3. The highest BCUT2D eigenvalue weighted by Crippen LogP contribution is 2.01. The molecule has 82 valence electrons. The van der Waals surface area contributed by atoms with Crippen LogP contribution in [0.3, 0.4) is 0 Å². The maximum absolute atomic E-state index is 10.8. The van der Waals surface area contributed by atoms with Gasteiger partial charge in [-0.25, -0.2) is 4.79 Å². The molecule has 0 fully saturated rings. The Kier molecular flexibility index (Phi) is 6.53. The Labute approximate surface area is 84.1 Å². The molecule has 0 atom stereocenters. The summed E-state index contributed by atoms with van der Waals surface area (Å²) in [5.74, 6) is -0.528. The first kappa shape index (κ1) is 12.7. The fourth-order valence-electron chi connectivity index (χ4n) is 1.04. The molecule has 0 aromatic rings. The molecule has 0 heterocycles. The highest BCUT2D eigenvalue weighted by atomic mass is 16.7. The summed E-state index contributed by atoms with van der Waals surface area (Å²) in [7, 11) is 0. The molecule has 0 aliphatic carbocycles. The van der Waals surface area contributed by atoms with Crippen molar-refractivity contribution in [3.05, 3.63) is 0 Å². The predicted octanol–water partition coefficient (Wildman–Crippen LogP) is 1.43. The van der Waals surface area contributed by atoms with Gasteiger partial charge in [-0.1, -0.05) is 26.2 Å². The van der Waals surface area contributed by atoms with Gasteiger partial charge >= 0.3 is 12.0 Å². The van der Waals surface area contributed by atoms with Gasteiger partial charge in [0.05, 0.1) is 6.54 Å². The number of nitrogens with two attached hydrogens (primary N) is 1. The lowest BCUT2D eigenvalue weighted by molar-refractivity contribution is -0.173. The summed E-state index contributed by atoms with van der Waals surface area (Å²) in [4.78, 5) is 26.0. The van der Waals surface area contributed by atoms with Crippen molar-refractivity contribution in [2.24, 2.45) is 5.73 Å². The van der Waals surface area contributed by atoms with Crippen LogP contribution in [0.15, 0.2) is 0 Å². The molecule has 0 unspecified atom stereocenters. The third kappa shape index (κ3) is 6.28. The van der Waals surface area contributed by atoms with Crippen molar-refractivity contribution < 1.29 is 14.4 Å². The molecule has 0 aromatic heterocycles. The quantitative estimate of drug-likeness (QED) is 0.541. The van der Waals surface area contributed by atoms with Crippen LogP contribution in [0.2, 0.25) is 0 Å². The highest BCUT2D eigenvalue weighted by molar-refractivity contribution is 5.74. The van der Waals surface area contributed by atoms with Crippen LogP contribution in [0, 0.1) is 0 Å². The molecule has 2 amide bonds. The monoisotopic (exact) mass is 202 g/mol. The van der Waals surface area contributed by atoms with E-state index in [2.05, 4.69) is 11.8 Å². The summed E-state index contributed by atoms with van der Waals surface area (Å²) in [6.07, 6.45) is 4.02. The van der Waals surface area contributed by atoms with Crippen LogP contribution in [0.1, 0.15) is 39.5 Å². The molecule has 0 aliphatic rings. The van der Waals surface area contributed by atoms with Gasteiger partial charge in [-0.2, -0.15) is 5.06 Å². The van der Waals surface area contributed by atoms with Crippen molar-refractivity contribution in [2.45, 2.75) is 39.5 Å². The zero-order valence-corrected chi connectivity index (χ0v) is 8.78. The average Bonchev–Trinajstić information content (AvgIpc) is 2.09. The number of amides is 2. The minimum atomic E-state index is -0.725. The number of carbonyl (C=O) groups excluding carboxylic acids is 2. The van der Waals surface area contributed by atoms with Gasteiger partial charge in [-0.3, -0.25) is 4.79 Å². The van der Waals surface area contributed by atoms with Crippen LogP contribution in [0.5, 0.6) is 0 Å². The second kappa shape index (κ2) is 7.17. The van der Waals surface area contributed by atoms with Gasteiger partial charge in [0.15, 0.2) is 0 Å². The standard InChI is InChI=1S/C9H18N2O3/c1-3-4-5-6-7-11(9(10)13)14-8(2)12/h3-7H2,1-2H3,(H2,10,13). The van der Waals surface area contributed by atoms with Crippen LogP contribution in [-0.4, -0.2) is 23.6 Å². The van der Waals surface area contributed by atoms with E-state index in [9.17, 15) is 9.59 Å². The van der Waals surface area contributed by atoms with E-state index >= 15 is 0 Å². The van der Waals surface area contributed by atoms with Gasteiger partial charge < -0.3 is 10.6 Å².